The van der Waals surface area contributed by atoms with Gasteiger partial charge in [-0.05, 0) is 43.0 Å². The summed E-state index contributed by atoms with van der Waals surface area (Å²) in [5.41, 5.74) is 0.835. The Bertz CT molecular complexity index is 395. The molecule has 1 fully saturated rings. The molecule has 1 aromatic carbocycles. The molecule has 0 unspecified atom stereocenters. The molecule has 0 saturated heterocycles. The quantitative estimate of drug-likeness (QED) is 0.859. The first-order chi connectivity index (χ1) is 8.70. The lowest BCUT2D eigenvalue weighted by Gasteiger charge is -2.37. The molecule has 18 heavy (non-hydrogen) atoms. The summed E-state index contributed by atoms with van der Waals surface area (Å²) in [6.07, 6.45) is 4.40. The molecule has 0 atom stereocenters. The van der Waals surface area contributed by atoms with Crippen molar-refractivity contribution >= 4 is 11.6 Å². The fourth-order valence-corrected chi connectivity index (χ4v) is 2.48. The van der Waals surface area contributed by atoms with Crippen LogP contribution in [0.25, 0.3) is 0 Å². The molecule has 4 heteroatoms. The van der Waals surface area contributed by atoms with E-state index in [1.165, 1.54) is 31.4 Å². The van der Waals surface area contributed by atoms with E-state index in [-0.39, 0.29) is 12.4 Å². The number of aliphatic hydroxyl groups excluding tert-OH is 1. The highest BCUT2D eigenvalue weighted by atomic mass is 35.5. The summed E-state index contributed by atoms with van der Waals surface area (Å²) >= 11 is 6.10. The molecule has 0 aliphatic heterocycles. The summed E-state index contributed by atoms with van der Waals surface area (Å²) in [6, 6.07) is 5.06. The number of nitrogens with zero attached hydrogens (tertiary/aromatic N) is 1. The average molecular weight is 272 g/mol. The van der Waals surface area contributed by atoms with E-state index in [2.05, 4.69) is 4.90 Å². The SMILES string of the molecule is OCCCN(Cc1cc(F)ccc1Cl)C1CCC1. The first-order valence-corrected chi connectivity index (χ1v) is 6.87. The molecular weight excluding hydrogens is 253 g/mol. The summed E-state index contributed by atoms with van der Waals surface area (Å²) in [6.45, 7) is 1.70. The van der Waals surface area contributed by atoms with Crippen LogP contribution in [0.3, 0.4) is 0 Å². The highest BCUT2D eigenvalue weighted by Crippen LogP contribution is 2.28. The lowest BCUT2D eigenvalue weighted by molar-refractivity contribution is 0.109. The van der Waals surface area contributed by atoms with Crippen LogP contribution in [0.5, 0.6) is 0 Å². The molecule has 0 heterocycles. The first-order valence-electron chi connectivity index (χ1n) is 6.49. The van der Waals surface area contributed by atoms with Gasteiger partial charge in [0.2, 0.25) is 0 Å². The van der Waals surface area contributed by atoms with Crippen molar-refractivity contribution in [1.82, 2.24) is 4.90 Å². The lowest BCUT2D eigenvalue weighted by Crippen LogP contribution is -2.40. The summed E-state index contributed by atoms with van der Waals surface area (Å²) in [7, 11) is 0. The van der Waals surface area contributed by atoms with Crippen LogP contribution >= 0.6 is 11.6 Å². The van der Waals surface area contributed by atoms with Crippen LogP contribution in [0.15, 0.2) is 18.2 Å². The Labute approximate surface area is 112 Å². The Hall–Kier alpha value is -0.640. The van der Waals surface area contributed by atoms with Crippen LogP contribution in [0, 0.1) is 5.82 Å². The van der Waals surface area contributed by atoms with Crippen LogP contribution in [0.1, 0.15) is 31.2 Å². The molecule has 2 rings (SSSR count). The number of benzene rings is 1. The van der Waals surface area contributed by atoms with Gasteiger partial charge in [0.15, 0.2) is 0 Å². The number of hydrogen-bond donors (Lipinski definition) is 1. The van der Waals surface area contributed by atoms with Crippen LogP contribution in [-0.2, 0) is 6.54 Å². The van der Waals surface area contributed by atoms with Gasteiger partial charge in [-0.15, -0.1) is 0 Å². The lowest BCUT2D eigenvalue weighted by atomic mass is 9.91. The highest BCUT2D eigenvalue weighted by Gasteiger charge is 2.25. The van der Waals surface area contributed by atoms with Gasteiger partial charge < -0.3 is 5.11 Å². The van der Waals surface area contributed by atoms with Crippen LogP contribution in [0.4, 0.5) is 4.39 Å². The van der Waals surface area contributed by atoms with Crippen LogP contribution < -0.4 is 0 Å². The van der Waals surface area contributed by atoms with E-state index >= 15 is 0 Å². The highest BCUT2D eigenvalue weighted by molar-refractivity contribution is 6.31. The molecule has 1 aliphatic carbocycles. The van der Waals surface area contributed by atoms with Gasteiger partial charge in [0.1, 0.15) is 5.82 Å². The van der Waals surface area contributed by atoms with Gasteiger partial charge in [-0.3, -0.25) is 4.90 Å². The van der Waals surface area contributed by atoms with Gasteiger partial charge in [0.05, 0.1) is 0 Å². The zero-order chi connectivity index (χ0) is 13.0. The standard InChI is InChI=1S/C14H19ClFNO/c15-14-6-5-12(16)9-11(14)10-17(7-2-8-18)13-3-1-4-13/h5-6,9,13,18H,1-4,7-8,10H2. The predicted molar refractivity (Wildman–Crippen MR) is 71.2 cm³/mol. The van der Waals surface area contributed by atoms with Crippen molar-refractivity contribution in [3.8, 4) is 0 Å². The molecule has 1 aliphatic rings. The van der Waals surface area contributed by atoms with Crippen molar-refractivity contribution in [2.75, 3.05) is 13.2 Å². The molecule has 0 aromatic heterocycles. The van der Waals surface area contributed by atoms with E-state index in [4.69, 9.17) is 16.7 Å². The normalized spacial score (nSPS) is 16.0. The molecule has 0 spiro atoms. The van der Waals surface area contributed by atoms with E-state index in [1.54, 1.807) is 6.07 Å². The van der Waals surface area contributed by atoms with E-state index in [0.29, 0.717) is 17.6 Å². The largest absolute Gasteiger partial charge is 0.396 e. The summed E-state index contributed by atoms with van der Waals surface area (Å²) < 4.78 is 13.2. The second-order valence-electron chi connectivity index (χ2n) is 4.87. The smallest absolute Gasteiger partial charge is 0.123 e. The molecule has 0 radical (unpaired) electrons. The molecular formula is C14H19ClFNO. The minimum atomic E-state index is -0.245. The fraction of sp³-hybridized carbons (Fsp3) is 0.571. The van der Waals surface area contributed by atoms with E-state index < -0.39 is 0 Å². The second-order valence-corrected chi connectivity index (χ2v) is 5.28. The molecule has 0 bridgehead atoms. The fourth-order valence-electron chi connectivity index (χ4n) is 2.30. The summed E-state index contributed by atoms with van der Waals surface area (Å²) in [5.74, 6) is -0.245. The minimum Gasteiger partial charge on any atom is -0.396 e. The molecule has 2 nitrogen and oxygen atoms in total. The maximum absolute atomic E-state index is 13.2. The minimum absolute atomic E-state index is 0.195. The number of halogens is 2. The Balaban J connectivity index is 2.04. The van der Waals surface area contributed by atoms with Gasteiger partial charge in [0, 0.05) is 30.8 Å². The van der Waals surface area contributed by atoms with Crippen molar-refractivity contribution in [3.05, 3.63) is 34.6 Å². The zero-order valence-electron chi connectivity index (χ0n) is 10.4. The Morgan fingerprint density at radius 1 is 1.39 bits per heavy atom. The molecule has 100 valence electrons. The van der Waals surface area contributed by atoms with Crippen molar-refractivity contribution in [3.63, 3.8) is 0 Å². The average Bonchev–Trinajstić information content (AvgIpc) is 2.28. The molecule has 0 amide bonds. The van der Waals surface area contributed by atoms with E-state index in [9.17, 15) is 4.39 Å². The van der Waals surface area contributed by atoms with Crippen molar-refractivity contribution in [2.24, 2.45) is 0 Å². The third-order valence-electron chi connectivity index (χ3n) is 3.58. The van der Waals surface area contributed by atoms with Gasteiger partial charge in [-0.2, -0.15) is 0 Å². The Morgan fingerprint density at radius 3 is 2.78 bits per heavy atom. The van der Waals surface area contributed by atoms with E-state index in [0.717, 1.165) is 18.5 Å². The Morgan fingerprint density at radius 2 is 2.17 bits per heavy atom. The number of hydrogen-bond acceptors (Lipinski definition) is 2. The van der Waals surface area contributed by atoms with Gasteiger partial charge in [-0.1, -0.05) is 18.0 Å². The number of rotatable bonds is 6. The molecule has 1 N–H and O–H groups in total. The van der Waals surface area contributed by atoms with Gasteiger partial charge in [0.25, 0.3) is 0 Å². The predicted octanol–water partition coefficient (Wildman–Crippen LogP) is 3.22. The van der Waals surface area contributed by atoms with Gasteiger partial charge in [-0.25, -0.2) is 4.39 Å². The Kier molecular flexibility index (Phi) is 4.98. The topological polar surface area (TPSA) is 23.5 Å². The van der Waals surface area contributed by atoms with Crippen molar-refractivity contribution in [2.45, 2.75) is 38.3 Å². The monoisotopic (exact) mass is 271 g/mol. The van der Waals surface area contributed by atoms with Crippen molar-refractivity contribution in [1.29, 1.82) is 0 Å². The van der Waals surface area contributed by atoms with Crippen molar-refractivity contribution < 1.29 is 9.50 Å². The zero-order valence-corrected chi connectivity index (χ0v) is 11.2. The van der Waals surface area contributed by atoms with Crippen LogP contribution in [-0.4, -0.2) is 29.2 Å². The third-order valence-corrected chi connectivity index (χ3v) is 3.94. The second kappa shape index (κ2) is 6.50. The maximum atomic E-state index is 13.2. The maximum Gasteiger partial charge on any atom is 0.123 e. The third kappa shape index (κ3) is 3.44. The molecule has 1 saturated carbocycles. The summed E-state index contributed by atoms with van der Waals surface area (Å²) in [5, 5.41) is 9.56. The summed E-state index contributed by atoms with van der Waals surface area (Å²) in [4.78, 5) is 2.31. The molecule has 1 aromatic rings. The van der Waals surface area contributed by atoms with Crippen LogP contribution in [0.2, 0.25) is 5.02 Å². The number of aliphatic hydroxyl groups is 1. The van der Waals surface area contributed by atoms with Gasteiger partial charge >= 0.3 is 0 Å². The van der Waals surface area contributed by atoms with E-state index in [1.807, 2.05) is 0 Å². The first kappa shape index (κ1) is 13.8.